The monoisotopic (exact) mass is 339 g/mol. The molecule has 1 aromatic rings. The van der Waals surface area contributed by atoms with Crippen molar-refractivity contribution in [2.75, 3.05) is 13.2 Å². The number of benzene rings is 1. The van der Waals surface area contributed by atoms with Gasteiger partial charge in [0.25, 0.3) is 0 Å². The summed E-state index contributed by atoms with van der Waals surface area (Å²) >= 11 is 3.51. The molecule has 5 heteroatoms. The maximum Gasteiger partial charge on any atom is 0.404 e. The number of ether oxygens (including phenoxy) is 2. The van der Waals surface area contributed by atoms with Crippen molar-refractivity contribution < 1.29 is 14.3 Å². The number of primary amides is 1. The molecule has 20 heavy (non-hydrogen) atoms. The van der Waals surface area contributed by atoms with Gasteiger partial charge in [-0.25, -0.2) is 4.79 Å². The van der Waals surface area contributed by atoms with Gasteiger partial charge in [-0.2, -0.15) is 0 Å². The smallest absolute Gasteiger partial charge is 0.404 e. The minimum absolute atomic E-state index is 0.361. The first kappa shape index (κ1) is 13.7. The molecule has 2 saturated carbocycles. The summed E-state index contributed by atoms with van der Waals surface area (Å²) in [5.74, 6) is 2.47. The van der Waals surface area contributed by atoms with Crippen LogP contribution in [-0.2, 0) is 4.74 Å². The van der Waals surface area contributed by atoms with Crippen LogP contribution < -0.4 is 10.5 Å². The van der Waals surface area contributed by atoms with Gasteiger partial charge in [0, 0.05) is 10.4 Å². The van der Waals surface area contributed by atoms with Gasteiger partial charge >= 0.3 is 6.09 Å². The third-order valence-electron chi connectivity index (χ3n) is 3.91. The number of hydrogen-bond donors (Lipinski definition) is 1. The van der Waals surface area contributed by atoms with Crippen LogP contribution in [0.25, 0.3) is 0 Å². The molecule has 0 heterocycles. The first-order valence-corrected chi connectivity index (χ1v) is 7.77. The number of amides is 1. The summed E-state index contributed by atoms with van der Waals surface area (Å²) in [7, 11) is 0. The van der Waals surface area contributed by atoms with Crippen molar-refractivity contribution in [3.8, 4) is 5.75 Å². The minimum atomic E-state index is -0.699. The Morgan fingerprint density at radius 3 is 2.85 bits per heavy atom. The molecular weight excluding hydrogens is 322 g/mol. The molecule has 4 nitrogen and oxygen atoms in total. The van der Waals surface area contributed by atoms with Crippen LogP contribution in [0.4, 0.5) is 4.79 Å². The van der Waals surface area contributed by atoms with E-state index in [1.807, 2.05) is 12.1 Å². The van der Waals surface area contributed by atoms with Crippen molar-refractivity contribution in [3.63, 3.8) is 0 Å². The van der Waals surface area contributed by atoms with Crippen LogP contribution in [0, 0.1) is 11.8 Å². The van der Waals surface area contributed by atoms with E-state index in [9.17, 15) is 4.79 Å². The molecule has 2 aliphatic carbocycles. The van der Waals surface area contributed by atoms with Crippen molar-refractivity contribution in [3.05, 3.63) is 28.2 Å². The fourth-order valence-corrected chi connectivity index (χ4v) is 2.81. The lowest BCUT2D eigenvalue weighted by Gasteiger charge is -2.12. The van der Waals surface area contributed by atoms with Gasteiger partial charge in [0.1, 0.15) is 5.75 Å². The van der Waals surface area contributed by atoms with E-state index in [0.717, 1.165) is 29.2 Å². The summed E-state index contributed by atoms with van der Waals surface area (Å²) in [5, 5.41) is 0. The highest BCUT2D eigenvalue weighted by Crippen LogP contribution is 2.51. The third kappa shape index (κ3) is 3.45. The maximum absolute atomic E-state index is 10.6. The Morgan fingerprint density at radius 1 is 1.35 bits per heavy atom. The van der Waals surface area contributed by atoms with E-state index < -0.39 is 6.09 Å². The summed E-state index contributed by atoms with van der Waals surface area (Å²) in [6.07, 6.45) is 2.88. The Kier molecular flexibility index (Phi) is 3.87. The number of nitrogens with two attached hydrogens (primary N) is 1. The van der Waals surface area contributed by atoms with E-state index in [1.54, 1.807) is 0 Å². The van der Waals surface area contributed by atoms with E-state index in [-0.39, 0.29) is 0 Å². The molecule has 0 bridgehead atoms. The molecule has 3 rings (SSSR count). The van der Waals surface area contributed by atoms with Gasteiger partial charge in [-0.05, 0) is 54.9 Å². The Hall–Kier alpha value is -1.23. The highest BCUT2D eigenvalue weighted by Gasteiger charge is 2.41. The van der Waals surface area contributed by atoms with Gasteiger partial charge in [0.15, 0.2) is 0 Å². The summed E-state index contributed by atoms with van der Waals surface area (Å²) in [6, 6.07) is 6.13. The lowest BCUT2D eigenvalue weighted by molar-refractivity contribution is 0.151. The Bertz CT molecular complexity index is 516. The van der Waals surface area contributed by atoms with Crippen LogP contribution in [0.1, 0.15) is 30.7 Å². The molecular formula is C15H18BrNO3. The fraction of sp³-hybridized carbons (Fsp3) is 0.533. The number of halogens is 1. The normalized spacial score (nSPS) is 24.2. The van der Waals surface area contributed by atoms with Crippen molar-refractivity contribution >= 4 is 22.0 Å². The van der Waals surface area contributed by atoms with Crippen molar-refractivity contribution in [1.29, 1.82) is 0 Å². The van der Waals surface area contributed by atoms with Crippen LogP contribution in [0.15, 0.2) is 22.7 Å². The van der Waals surface area contributed by atoms with E-state index in [2.05, 4.69) is 22.0 Å². The SMILES string of the molecule is NC(=O)OC[C@H]1C[C@@H]1c1cc(Br)ccc1OCC1CC1. The Labute approximate surface area is 126 Å². The molecule has 0 radical (unpaired) electrons. The molecule has 2 N–H and O–H groups in total. The topological polar surface area (TPSA) is 61.6 Å². The van der Waals surface area contributed by atoms with Gasteiger partial charge in [-0.1, -0.05) is 15.9 Å². The second kappa shape index (κ2) is 5.64. The van der Waals surface area contributed by atoms with Gasteiger partial charge in [-0.15, -0.1) is 0 Å². The molecule has 0 saturated heterocycles. The quantitative estimate of drug-likeness (QED) is 0.863. The zero-order valence-corrected chi connectivity index (χ0v) is 12.8. The highest BCUT2D eigenvalue weighted by atomic mass is 79.9. The lowest BCUT2D eigenvalue weighted by Crippen LogP contribution is -2.14. The molecule has 2 atom stereocenters. The van der Waals surface area contributed by atoms with Crippen LogP contribution in [0.3, 0.4) is 0 Å². The predicted octanol–water partition coefficient (Wildman–Crippen LogP) is 3.44. The Morgan fingerprint density at radius 2 is 2.15 bits per heavy atom. The second-order valence-corrected chi connectivity index (χ2v) is 6.58. The molecule has 2 aliphatic rings. The molecule has 2 fully saturated rings. The summed E-state index contributed by atoms with van der Waals surface area (Å²) in [5.41, 5.74) is 6.21. The average Bonchev–Trinajstić information content (AvgIpc) is 3.29. The predicted molar refractivity (Wildman–Crippen MR) is 78.7 cm³/mol. The second-order valence-electron chi connectivity index (χ2n) is 5.67. The van der Waals surface area contributed by atoms with Crippen molar-refractivity contribution in [2.24, 2.45) is 17.6 Å². The summed E-state index contributed by atoms with van der Waals surface area (Å²) in [6.45, 7) is 1.21. The molecule has 108 valence electrons. The van der Waals surface area contributed by atoms with Crippen LogP contribution in [0.2, 0.25) is 0 Å². The zero-order chi connectivity index (χ0) is 14.1. The average molecular weight is 340 g/mol. The molecule has 1 amide bonds. The fourth-order valence-electron chi connectivity index (χ4n) is 2.43. The summed E-state index contributed by atoms with van der Waals surface area (Å²) < 4.78 is 11.9. The van der Waals surface area contributed by atoms with E-state index in [4.69, 9.17) is 15.2 Å². The van der Waals surface area contributed by atoms with Crippen molar-refractivity contribution in [1.82, 2.24) is 0 Å². The van der Waals surface area contributed by atoms with E-state index in [0.29, 0.717) is 18.4 Å². The van der Waals surface area contributed by atoms with Gasteiger partial charge < -0.3 is 15.2 Å². The third-order valence-corrected chi connectivity index (χ3v) is 4.40. The number of hydrogen-bond acceptors (Lipinski definition) is 3. The molecule has 1 aromatic carbocycles. The largest absolute Gasteiger partial charge is 0.493 e. The van der Waals surface area contributed by atoms with Gasteiger partial charge in [0.05, 0.1) is 13.2 Å². The minimum Gasteiger partial charge on any atom is -0.493 e. The molecule has 0 aliphatic heterocycles. The Balaban J connectivity index is 1.65. The van der Waals surface area contributed by atoms with E-state index >= 15 is 0 Å². The molecule has 0 aromatic heterocycles. The maximum atomic E-state index is 10.6. The van der Waals surface area contributed by atoms with Crippen LogP contribution in [0.5, 0.6) is 5.75 Å². The summed E-state index contributed by atoms with van der Waals surface area (Å²) in [4.78, 5) is 10.6. The first-order valence-electron chi connectivity index (χ1n) is 6.98. The van der Waals surface area contributed by atoms with Crippen molar-refractivity contribution in [2.45, 2.75) is 25.2 Å². The van der Waals surface area contributed by atoms with Gasteiger partial charge in [-0.3, -0.25) is 0 Å². The van der Waals surface area contributed by atoms with E-state index in [1.165, 1.54) is 18.4 Å². The molecule has 0 spiro atoms. The number of rotatable bonds is 6. The van der Waals surface area contributed by atoms with Crippen LogP contribution >= 0.6 is 15.9 Å². The van der Waals surface area contributed by atoms with Gasteiger partial charge in [0.2, 0.25) is 0 Å². The first-order chi connectivity index (χ1) is 9.63. The lowest BCUT2D eigenvalue weighted by atomic mass is 10.1. The number of carbonyl (C=O) groups excluding carboxylic acids is 1. The highest BCUT2D eigenvalue weighted by molar-refractivity contribution is 9.10. The number of carbonyl (C=O) groups is 1. The zero-order valence-electron chi connectivity index (χ0n) is 11.2. The standard InChI is InChI=1S/C15H18BrNO3/c16-11-3-4-14(19-7-9-1-2-9)13(6-11)12-5-10(12)8-20-15(17)18/h3-4,6,9-10,12H,1-2,5,7-8H2,(H2,17,18)/t10-,12+/m1/s1. The molecule has 0 unspecified atom stereocenters. The van der Waals surface area contributed by atoms with Crippen LogP contribution in [-0.4, -0.2) is 19.3 Å².